The van der Waals surface area contributed by atoms with Gasteiger partial charge < -0.3 is 10.6 Å². The maximum Gasteiger partial charge on any atom is 0.169 e. The van der Waals surface area contributed by atoms with Crippen LogP contribution in [0.1, 0.15) is 42.3 Å². The topological polar surface area (TPSA) is 48.8 Å². The summed E-state index contributed by atoms with van der Waals surface area (Å²) in [5, 5.41) is 7.08. The zero-order valence-electron chi connectivity index (χ0n) is 24.9. The molecule has 2 heterocycles. The summed E-state index contributed by atoms with van der Waals surface area (Å²) in [6, 6.07) is 47.0. The second kappa shape index (κ2) is 12.0. The largest absolute Gasteiger partial charge is 0.382 e. The summed E-state index contributed by atoms with van der Waals surface area (Å²) in [7, 11) is 0. The highest BCUT2D eigenvalue weighted by molar-refractivity contribution is 6.16. The maximum absolute atomic E-state index is 5.11. The third-order valence-corrected chi connectivity index (χ3v) is 8.24. The first-order chi connectivity index (χ1) is 21.6. The van der Waals surface area contributed by atoms with Crippen molar-refractivity contribution in [3.05, 3.63) is 174 Å². The molecule has 0 saturated heterocycles. The quantitative estimate of drug-likeness (QED) is 0.214. The lowest BCUT2D eigenvalue weighted by Gasteiger charge is -2.24. The molecule has 0 bridgehead atoms. The summed E-state index contributed by atoms with van der Waals surface area (Å²) in [5.41, 5.74) is 11.5. The number of nitrogens with zero attached hydrogens (tertiary/aromatic N) is 2. The molecule has 44 heavy (non-hydrogen) atoms. The fourth-order valence-electron chi connectivity index (χ4n) is 5.82. The number of hydrogen-bond acceptors (Lipinski definition) is 4. The Morgan fingerprint density at radius 3 is 1.41 bits per heavy atom. The molecule has 7 rings (SSSR count). The first-order valence-corrected chi connectivity index (χ1v) is 15.1. The Bertz CT molecular complexity index is 1880. The molecule has 214 valence electrons. The highest BCUT2D eigenvalue weighted by atomic mass is 15.2. The number of aliphatic imine (C=N–C) groups is 2. The van der Waals surface area contributed by atoms with Crippen LogP contribution in [-0.2, 0) is 0 Å². The predicted octanol–water partition coefficient (Wildman–Crippen LogP) is 8.79. The number of dihydropyridines is 1. The molecule has 2 atom stereocenters. The average molecular weight is 571 g/mol. The van der Waals surface area contributed by atoms with Crippen molar-refractivity contribution < 1.29 is 0 Å². The van der Waals surface area contributed by atoms with E-state index >= 15 is 0 Å². The summed E-state index contributed by atoms with van der Waals surface area (Å²) in [6.07, 6.45) is 3.98. The molecule has 4 nitrogen and oxygen atoms in total. The van der Waals surface area contributed by atoms with E-state index < -0.39 is 0 Å². The van der Waals surface area contributed by atoms with Crippen LogP contribution in [0.2, 0.25) is 0 Å². The fourth-order valence-corrected chi connectivity index (χ4v) is 5.82. The van der Waals surface area contributed by atoms with Gasteiger partial charge in [-0.2, -0.15) is 0 Å². The minimum absolute atomic E-state index is 0.261. The van der Waals surface area contributed by atoms with Crippen LogP contribution in [0, 0.1) is 0 Å². The number of allylic oxidation sites excluding steroid dienone is 3. The highest BCUT2D eigenvalue weighted by Gasteiger charge is 2.21. The Hall–Kier alpha value is -5.48. The summed E-state index contributed by atoms with van der Waals surface area (Å²) in [4.78, 5) is 10.2. The van der Waals surface area contributed by atoms with E-state index in [4.69, 9.17) is 9.98 Å². The van der Waals surface area contributed by atoms with Crippen LogP contribution in [0.3, 0.4) is 0 Å². The van der Waals surface area contributed by atoms with Crippen LogP contribution >= 0.6 is 0 Å². The van der Waals surface area contributed by atoms with Crippen molar-refractivity contribution >= 4 is 17.2 Å². The molecule has 2 N–H and O–H groups in total. The van der Waals surface area contributed by atoms with Gasteiger partial charge in [0.2, 0.25) is 0 Å². The van der Waals surface area contributed by atoms with Crippen molar-refractivity contribution in [1.82, 2.24) is 10.6 Å². The van der Waals surface area contributed by atoms with Gasteiger partial charge in [0, 0.05) is 22.9 Å². The number of hydrogen-bond donors (Lipinski definition) is 2. The van der Waals surface area contributed by atoms with Crippen molar-refractivity contribution in [2.45, 2.75) is 26.1 Å². The average Bonchev–Trinajstić information content (AvgIpc) is 3.09. The smallest absolute Gasteiger partial charge is 0.169 e. The highest BCUT2D eigenvalue weighted by Crippen LogP contribution is 2.29. The normalized spacial score (nSPS) is 17.8. The lowest BCUT2D eigenvalue weighted by Crippen LogP contribution is -2.36. The van der Waals surface area contributed by atoms with E-state index in [1.165, 1.54) is 39.1 Å². The fraction of sp³-hybridized carbons (Fsp3) is 0.100. The molecule has 0 spiro atoms. The summed E-state index contributed by atoms with van der Waals surface area (Å²) < 4.78 is 0. The van der Waals surface area contributed by atoms with Crippen LogP contribution in [0.15, 0.2) is 161 Å². The van der Waals surface area contributed by atoms with Gasteiger partial charge in [-0.3, -0.25) is 0 Å². The van der Waals surface area contributed by atoms with Crippen LogP contribution in [0.25, 0.3) is 27.8 Å². The zero-order valence-corrected chi connectivity index (χ0v) is 24.9. The first-order valence-electron chi connectivity index (χ1n) is 15.1. The van der Waals surface area contributed by atoms with Crippen molar-refractivity contribution in [2.75, 3.05) is 0 Å². The Kier molecular flexibility index (Phi) is 7.47. The predicted molar refractivity (Wildman–Crippen MR) is 183 cm³/mol. The van der Waals surface area contributed by atoms with Gasteiger partial charge in [-0.05, 0) is 58.9 Å². The molecule has 4 heteroatoms. The summed E-state index contributed by atoms with van der Waals surface area (Å²) >= 11 is 0. The third-order valence-electron chi connectivity index (χ3n) is 8.24. The second-order valence-corrected chi connectivity index (χ2v) is 11.3. The molecule has 2 aliphatic rings. The number of amidine groups is 2. The minimum Gasteiger partial charge on any atom is -0.382 e. The lowest BCUT2D eigenvalue weighted by atomic mass is 9.95. The second-order valence-electron chi connectivity index (χ2n) is 11.3. The van der Waals surface area contributed by atoms with Crippen molar-refractivity contribution in [1.29, 1.82) is 0 Å². The third kappa shape index (κ3) is 5.75. The Morgan fingerprint density at radius 1 is 0.477 bits per heavy atom. The van der Waals surface area contributed by atoms with Crippen molar-refractivity contribution in [3.63, 3.8) is 0 Å². The minimum atomic E-state index is -0.363. The van der Waals surface area contributed by atoms with Gasteiger partial charge in [-0.25, -0.2) is 9.98 Å². The monoisotopic (exact) mass is 570 g/mol. The van der Waals surface area contributed by atoms with E-state index in [1.54, 1.807) is 0 Å². The van der Waals surface area contributed by atoms with E-state index in [0.717, 1.165) is 28.4 Å². The van der Waals surface area contributed by atoms with Gasteiger partial charge >= 0.3 is 0 Å². The van der Waals surface area contributed by atoms with Crippen LogP contribution in [0.5, 0.6) is 0 Å². The summed E-state index contributed by atoms with van der Waals surface area (Å²) in [6.45, 7) is 4.29. The molecule has 2 unspecified atom stereocenters. The summed E-state index contributed by atoms with van der Waals surface area (Å²) in [5.74, 6) is 1.62. The molecule has 5 aromatic rings. The lowest BCUT2D eigenvalue weighted by molar-refractivity contribution is 0.734. The molecule has 0 radical (unpaired) electrons. The number of benzene rings is 5. The van der Waals surface area contributed by atoms with E-state index in [1.807, 2.05) is 12.1 Å². The molecule has 0 amide bonds. The number of rotatable bonds is 6. The van der Waals surface area contributed by atoms with Crippen molar-refractivity contribution in [2.24, 2.45) is 9.98 Å². The van der Waals surface area contributed by atoms with E-state index in [9.17, 15) is 0 Å². The Balaban J connectivity index is 1.22. The van der Waals surface area contributed by atoms with Gasteiger partial charge in [0.05, 0.1) is 0 Å². The van der Waals surface area contributed by atoms with Crippen LogP contribution in [0.4, 0.5) is 0 Å². The number of nitrogens with one attached hydrogen (secondary N) is 2. The van der Waals surface area contributed by atoms with E-state index in [2.05, 4.69) is 158 Å². The van der Waals surface area contributed by atoms with E-state index in [0.29, 0.717) is 0 Å². The molecule has 5 aromatic carbocycles. The molecule has 0 saturated carbocycles. The van der Waals surface area contributed by atoms with Crippen LogP contribution in [-0.4, -0.2) is 17.7 Å². The molecule has 0 aliphatic carbocycles. The van der Waals surface area contributed by atoms with Crippen LogP contribution < -0.4 is 10.6 Å². The van der Waals surface area contributed by atoms with E-state index in [-0.39, 0.29) is 12.2 Å². The zero-order chi connectivity index (χ0) is 29.9. The molecule has 2 aliphatic heterocycles. The van der Waals surface area contributed by atoms with Gasteiger partial charge in [-0.15, -0.1) is 0 Å². The van der Waals surface area contributed by atoms with Crippen molar-refractivity contribution in [3.8, 4) is 22.3 Å². The van der Waals surface area contributed by atoms with Gasteiger partial charge in [0.25, 0.3) is 0 Å². The Labute approximate surface area is 259 Å². The Morgan fingerprint density at radius 2 is 0.909 bits per heavy atom. The SMILES string of the molecule is CC1=CC=C(c2ccc(C3=NC(c4ccc(-c5ccccc5)cc4)N=C(c4ccc(-c5ccccc5)cc4)N3)cc2)C(C)N1. The van der Waals surface area contributed by atoms with Gasteiger partial charge in [-0.1, -0.05) is 140 Å². The molecule has 0 aromatic heterocycles. The van der Waals surface area contributed by atoms with Gasteiger partial charge in [0.1, 0.15) is 11.7 Å². The standard InChI is InChI=1S/C40H34N4/c1-27-13-26-37(28(2)41-27)33-18-24-36(25-19-33)40-43-38(34-20-14-31(15-21-34)29-9-5-3-6-10-29)42-39(44-40)35-22-16-32(17-23-35)30-11-7-4-8-12-30/h3-26,28,38,41H,1-2H3,(H,42,43,44). The first kappa shape index (κ1) is 27.4. The molecular formula is C40H34N4. The molecular weight excluding hydrogens is 536 g/mol. The van der Waals surface area contributed by atoms with Gasteiger partial charge in [0.15, 0.2) is 6.17 Å². The maximum atomic E-state index is 5.11. The molecule has 0 fully saturated rings.